The lowest BCUT2D eigenvalue weighted by Gasteiger charge is -2.16. The number of amides is 1. The van der Waals surface area contributed by atoms with Gasteiger partial charge in [0.1, 0.15) is 12.4 Å². The zero-order valence-electron chi connectivity index (χ0n) is 15.2. The van der Waals surface area contributed by atoms with E-state index in [4.69, 9.17) is 16.3 Å². The molecule has 27 heavy (non-hydrogen) atoms. The van der Waals surface area contributed by atoms with Gasteiger partial charge in [-0.3, -0.25) is 9.69 Å². The molecule has 7 heteroatoms. The van der Waals surface area contributed by atoms with Crippen molar-refractivity contribution in [3.05, 3.63) is 58.6 Å². The molecule has 0 aliphatic heterocycles. The molecule has 5 nitrogen and oxygen atoms in total. The third kappa shape index (κ3) is 6.20. The highest BCUT2D eigenvalue weighted by molar-refractivity contribution is 7.18. The third-order valence-corrected chi connectivity index (χ3v) is 5.32. The van der Waals surface area contributed by atoms with Crippen LogP contribution in [0.25, 0.3) is 10.2 Å². The van der Waals surface area contributed by atoms with Gasteiger partial charge in [-0.1, -0.05) is 23.7 Å². The number of para-hydroxylation sites is 1. The van der Waals surface area contributed by atoms with Gasteiger partial charge in [0.2, 0.25) is 5.91 Å². The van der Waals surface area contributed by atoms with Crippen LogP contribution >= 0.6 is 22.9 Å². The van der Waals surface area contributed by atoms with E-state index < -0.39 is 0 Å². The van der Waals surface area contributed by atoms with E-state index in [2.05, 4.69) is 16.4 Å². The Hall–Kier alpha value is -2.15. The van der Waals surface area contributed by atoms with Crippen molar-refractivity contribution in [2.45, 2.75) is 6.42 Å². The van der Waals surface area contributed by atoms with Crippen LogP contribution in [0.15, 0.2) is 48.5 Å². The van der Waals surface area contributed by atoms with E-state index in [1.165, 1.54) is 4.70 Å². The summed E-state index contributed by atoms with van der Waals surface area (Å²) in [6, 6.07) is 15.3. The molecule has 0 fully saturated rings. The highest BCUT2D eigenvalue weighted by atomic mass is 35.5. The second-order valence-electron chi connectivity index (χ2n) is 6.22. The smallest absolute Gasteiger partial charge is 0.234 e. The fourth-order valence-electron chi connectivity index (χ4n) is 2.57. The van der Waals surface area contributed by atoms with Crippen molar-refractivity contribution in [1.29, 1.82) is 0 Å². The van der Waals surface area contributed by atoms with Crippen molar-refractivity contribution in [3.63, 3.8) is 0 Å². The summed E-state index contributed by atoms with van der Waals surface area (Å²) in [5.41, 5.74) is 1.02. The summed E-state index contributed by atoms with van der Waals surface area (Å²) in [6.45, 7) is 2.10. The van der Waals surface area contributed by atoms with Gasteiger partial charge in [-0.25, -0.2) is 4.98 Å². The number of likely N-dealkylation sites (N-methyl/N-ethyl adjacent to an activating group) is 1. The average Bonchev–Trinajstić information content (AvgIpc) is 3.06. The Balaban J connectivity index is 1.32. The maximum absolute atomic E-state index is 12.1. The summed E-state index contributed by atoms with van der Waals surface area (Å²) in [5, 5.41) is 4.68. The normalized spacial score (nSPS) is 11.1. The number of hydrogen-bond acceptors (Lipinski definition) is 5. The molecular weight excluding hydrogens is 382 g/mol. The summed E-state index contributed by atoms with van der Waals surface area (Å²) >= 11 is 7.52. The summed E-state index contributed by atoms with van der Waals surface area (Å²) in [7, 11) is 1.90. The second-order valence-corrected chi connectivity index (χ2v) is 7.77. The van der Waals surface area contributed by atoms with Crippen LogP contribution in [0.4, 0.5) is 0 Å². The van der Waals surface area contributed by atoms with Crippen molar-refractivity contribution in [1.82, 2.24) is 15.2 Å². The zero-order chi connectivity index (χ0) is 19.1. The lowest BCUT2D eigenvalue weighted by atomic mass is 10.3. The zero-order valence-corrected chi connectivity index (χ0v) is 16.7. The van der Waals surface area contributed by atoms with E-state index in [9.17, 15) is 4.79 Å². The molecule has 0 aliphatic carbocycles. The van der Waals surface area contributed by atoms with E-state index in [0.717, 1.165) is 22.7 Å². The Kier molecular flexibility index (Phi) is 7.04. The number of benzene rings is 2. The number of hydrogen-bond donors (Lipinski definition) is 1. The molecule has 3 rings (SSSR count). The van der Waals surface area contributed by atoms with Gasteiger partial charge in [-0.15, -0.1) is 11.3 Å². The van der Waals surface area contributed by atoms with Gasteiger partial charge in [-0.2, -0.15) is 0 Å². The van der Waals surface area contributed by atoms with Crippen LogP contribution in [0.5, 0.6) is 5.75 Å². The number of carbonyl (C=O) groups excluding carboxylic acids is 1. The van der Waals surface area contributed by atoms with Crippen LogP contribution in [0.2, 0.25) is 5.02 Å². The number of ether oxygens (including phenoxy) is 1. The van der Waals surface area contributed by atoms with Crippen molar-refractivity contribution in [3.8, 4) is 5.75 Å². The number of nitrogens with one attached hydrogen (secondary N) is 1. The van der Waals surface area contributed by atoms with Crippen LogP contribution in [0.1, 0.15) is 5.01 Å². The van der Waals surface area contributed by atoms with E-state index in [1.807, 2.05) is 42.3 Å². The molecular formula is C20H22ClN3O2S. The Morgan fingerprint density at radius 3 is 2.78 bits per heavy atom. The van der Waals surface area contributed by atoms with Crippen LogP contribution in [-0.2, 0) is 11.2 Å². The van der Waals surface area contributed by atoms with Crippen LogP contribution < -0.4 is 10.1 Å². The van der Waals surface area contributed by atoms with Crippen molar-refractivity contribution >= 4 is 39.1 Å². The molecule has 0 atom stereocenters. The minimum absolute atomic E-state index is 0.00473. The molecule has 0 saturated carbocycles. The average molecular weight is 404 g/mol. The van der Waals surface area contributed by atoms with Crippen molar-refractivity contribution in [2.75, 3.05) is 33.3 Å². The van der Waals surface area contributed by atoms with Gasteiger partial charge in [0, 0.05) is 24.5 Å². The van der Waals surface area contributed by atoms with Crippen LogP contribution in [0.3, 0.4) is 0 Å². The molecule has 1 heterocycles. The number of aromatic nitrogens is 1. The second kappa shape index (κ2) is 9.69. The molecule has 0 bridgehead atoms. The number of nitrogens with zero attached hydrogens (tertiary/aromatic N) is 2. The van der Waals surface area contributed by atoms with Gasteiger partial charge >= 0.3 is 0 Å². The topological polar surface area (TPSA) is 54.5 Å². The highest BCUT2D eigenvalue weighted by Crippen LogP contribution is 2.21. The molecule has 0 saturated heterocycles. The molecule has 0 unspecified atom stereocenters. The maximum atomic E-state index is 12.1. The highest BCUT2D eigenvalue weighted by Gasteiger charge is 2.08. The van der Waals surface area contributed by atoms with E-state index in [0.29, 0.717) is 31.3 Å². The van der Waals surface area contributed by atoms with Gasteiger partial charge in [0.25, 0.3) is 0 Å². The third-order valence-electron chi connectivity index (χ3n) is 3.97. The summed E-state index contributed by atoms with van der Waals surface area (Å²) in [6.07, 6.45) is 0.745. The molecule has 142 valence electrons. The monoisotopic (exact) mass is 403 g/mol. The first-order valence-electron chi connectivity index (χ1n) is 8.78. The van der Waals surface area contributed by atoms with Crippen molar-refractivity contribution < 1.29 is 9.53 Å². The Morgan fingerprint density at radius 1 is 1.22 bits per heavy atom. The molecule has 2 aromatic carbocycles. The number of thiazole rings is 1. The van der Waals surface area contributed by atoms with E-state index in [-0.39, 0.29) is 5.91 Å². The minimum Gasteiger partial charge on any atom is -0.492 e. The lowest BCUT2D eigenvalue weighted by Crippen LogP contribution is -2.37. The van der Waals surface area contributed by atoms with Gasteiger partial charge < -0.3 is 10.1 Å². The van der Waals surface area contributed by atoms with Crippen LogP contribution in [-0.4, -0.2) is 49.1 Å². The first kappa shape index (κ1) is 19.6. The Bertz CT molecular complexity index is 849. The fourth-order valence-corrected chi connectivity index (χ4v) is 3.66. The SMILES string of the molecule is CN(CCOc1ccc(Cl)cc1)CC(=O)NCCc1nc2ccccc2s1. The van der Waals surface area contributed by atoms with Gasteiger partial charge in [-0.05, 0) is 43.4 Å². The molecule has 1 aromatic heterocycles. The molecule has 0 radical (unpaired) electrons. The largest absolute Gasteiger partial charge is 0.492 e. The lowest BCUT2D eigenvalue weighted by molar-refractivity contribution is -0.121. The number of halogens is 1. The molecule has 0 aliphatic rings. The summed E-state index contributed by atoms with van der Waals surface area (Å²) in [4.78, 5) is 18.6. The first-order chi connectivity index (χ1) is 13.1. The molecule has 0 spiro atoms. The standard InChI is InChI=1S/C20H22ClN3O2S/c1-24(12-13-26-16-8-6-15(21)7-9-16)14-19(25)22-11-10-20-23-17-4-2-3-5-18(17)27-20/h2-9H,10-14H2,1H3,(H,22,25). The quantitative estimate of drug-likeness (QED) is 0.593. The first-order valence-corrected chi connectivity index (χ1v) is 9.97. The fraction of sp³-hybridized carbons (Fsp3) is 0.300. The summed E-state index contributed by atoms with van der Waals surface area (Å²) < 4.78 is 6.82. The molecule has 1 N–H and O–H groups in total. The Labute approximate surface area is 167 Å². The molecule has 3 aromatic rings. The Morgan fingerprint density at radius 2 is 2.00 bits per heavy atom. The van der Waals surface area contributed by atoms with E-state index in [1.54, 1.807) is 23.5 Å². The van der Waals surface area contributed by atoms with Crippen LogP contribution in [0, 0.1) is 0 Å². The predicted molar refractivity (Wildman–Crippen MR) is 111 cm³/mol. The number of fused-ring (bicyclic) bond motifs is 1. The van der Waals surface area contributed by atoms with Gasteiger partial charge in [0.15, 0.2) is 0 Å². The predicted octanol–water partition coefficient (Wildman–Crippen LogP) is 3.62. The minimum atomic E-state index is 0.00473. The number of carbonyl (C=O) groups is 1. The maximum Gasteiger partial charge on any atom is 0.234 e. The molecule has 1 amide bonds. The summed E-state index contributed by atoms with van der Waals surface area (Å²) in [5.74, 6) is 0.776. The van der Waals surface area contributed by atoms with Crippen molar-refractivity contribution in [2.24, 2.45) is 0 Å². The number of rotatable bonds is 9. The van der Waals surface area contributed by atoms with E-state index >= 15 is 0 Å². The van der Waals surface area contributed by atoms with Gasteiger partial charge in [0.05, 0.1) is 21.8 Å².